The first-order chi connectivity index (χ1) is 13.2. The number of rotatable bonds is 8. The number of fused-ring (bicyclic) bond motifs is 1. The first kappa shape index (κ1) is 18.0. The summed E-state index contributed by atoms with van der Waals surface area (Å²) < 4.78 is 7.64. The van der Waals surface area contributed by atoms with E-state index in [1.165, 1.54) is 24.1 Å². The zero-order valence-electron chi connectivity index (χ0n) is 15.9. The second-order valence-electron chi connectivity index (χ2n) is 7.69. The van der Waals surface area contributed by atoms with E-state index in [2.05, 4.69) is 38.2 Å². The molecule has 0 radical (unpaired) electrons. The van der Waals surface area contributed by atoms with Gasteiger partial charge < -0.3 is 10.1 Å². The maximum Gasteiger partial charge on any atom is 0.220 e. The van der Waals surface area contributed by atoms with Gasteiger partial charge in [0.05, 0.1) is 18.8 Å². The molecule has 2 aromatic rings. The summed E-state index contributed by atoms with van der Waals surface area (Å²) in [6.07, 6.45) is 5.89. The van der Waals surface area contributed by atoms with Crippen LogP contribution in [-0.2, 0) is 17.9 Å². The van der Waals surface area contributed by atoms with Gasteiger partial charge in [-0.3, -0.25) is 14.4 Å². The van der Waals surface area contributed by atoms with Crippen molar-refractivity contribution in [2.75, 3.05) is 20.2 Å². The highest BCUT2D eigenvalue weighted by Gasteiger charge is 2.27. The molecular weight excluding hydrogens is 340 g/mol. The van der Waals surface area contributed by atoms with Crippen molar-refractivity contribution < 1.29 is 9.53 Å². The fourth-order valence-electron chi connectivity index (χ4n) is 3.91. The molecule has 0 spiro atoms. The molecule has 0 unspecified atom stereocenters. The lowest BCUT2D eigenvalue weighted by Gasteiger charge is -2.34. The van der Waals surface area contributed by atoms with Gasteiger partial charge in [-0.15, -0.1) is 0 Å². The zero-order chi connectivity index (χ0) is 18.6. The van der Waals surface area contributed by atoms with Gasteiger partial charge in [0.15, 0.2) is 0 Å². The molecule has 2 aliphatic rings. The molecule has 1 saturated carbocycles. The number of ether oxygens (including phenoxy) is 1. The number of methoxy groups -OCH3 is 1. The Bertz CT molecular complexity index is 784. The van der Waals surface area contributed by atoms with Crippen LogP contribution in [0.5, 0.6) is 5.75 Å². The molecule has 1 fully saturated rings. The van der Waals surface area contributed by atoms with E-state index in [0.29, 0.717) is 18.9 Å². The Morgan fingerprint density at radius 2 is 2.15 bits per heavy atom. The van der Waals surface area contributed by atoms with Crippen LogP contribution in [0.15, 0.2) is 36.5 Å². The molecule has 1 atom stereocenters. The molecule has 1 N–H and O–H groups in total. The molecule has 4 rings (SSSR count). The summed E-state index contributed by atoms with van der Waals surface area (Å²) in [6, 6.07) is 10.6. The number of hydrogen-bond donors (Lipinski definition) is 1. The summed E-state index contributed by atoms with van der Waals surface area (Å²) in [4.78, 5) is 14.4. The minimum absolute atomic E-state index is 0.194. The third-order valence-electron chi connectivity index (χ3n) is 5.51. The highest BCUT2D eigenvalue weighted by atomic mass is 16.5. The average Bonchev–Trinajstić information content (AvgIpc) is 3.35. The van der Waals surface area contributed by atoms with E-state index < -0.39 is 0 Å². The quantitative estimate of drug-likeness (QED) is 0.778. The highest BCUT2D eigenvalue weighted by molar-refractivity contribution is 5.76. The molecular formula is C21H28N4O2. The topological polar surface area (TPSA) is 59.4 Å². The fourth-order valence-corrected chi connectivity index (χ4v) is 3.91. The summed E-state index contributed by atoms with van der Waals surface area (Å²) in [6.45, 7) is 3.35. The van der Waals surface area contributed by atoms with Crippen LogP contribution in [0.3, 0.4) is 0 Å². The summed E-state index contributed by atoms with van der Waals surface area (Å²) in [7, 11) is 1.72. The monoisotopic (exact) mass is 368 g/mol. The number of nitrogens with zero attached hydrogens (tertiary/aromatic N) is 3. The van der Waals surface area contributed by atoms with Crippen LogP contribution in [0.1, 0.15) is 43.0 Å². The average molecular weight is 368 g/mol. The lowest BCUT2D eigenvalue weighted by Crippen LogP contribution is -2.39. The van der Waals surface area contributed by atoms with Crippen LogP contribution in [0, 0.1) is 5.92 Å². The molecule has 144 valence electrons. The van der Waals surface area contributed by atoms with E-state index in [-0.39, 0.29) is 11.9 Å². The number of carbonyl (C=O) groups excluding carboxylic acids is 1. The van der Waals surface area contributed by atoms with Crippen molar-refractivity contribution in [3.63, 3.8) is 0 Å². The molecule has 1 aliphatic heterocycles. The smallest absolute Gasteiger partial charge is 0.220 e. The zero-order valence-corrected chi connectivity index (χ0v) is 15.9. The van der Waals surface area contributed by atoms with Gasteiger partial charge in [-0.1, -0.05) is 18.2 Å². The summed E-state index contributed by atoms with van der Waals surface area (Å²) >= 11 is 0. The van der Waals surface area contributed by atoms with E-state index in [1.807, 2.05) is 18.3 Å². The molecule has 1 aromatic carbocycles. The second kappa shape index (κ2) is 8.13. The second-order valence-corrected chi connectivity index (χ2v) is 7.69. The number of benzene rings is 1. The van der Waals surface area contributed by atoms with Crippen molar-refractivity contribution in [1.29, 1.82) is 0 Å². The SMILES string of the molecule is COc1ccccc1CN1Cc2ccnn2[C@@H](CCNC(=O)CC2CC2)C1. The molecule has 1 aliphatic carbocycles. The minimum Gasteiger partial charge on any atom is -0.496 e. The number of amides is 1. The van der Waals surface area contributed by atoms with Crippen LogP contribution >= 0.6 is 0 Å². The van der Waals surface area contributed by atoms with Gasteiger partial charge in [0.2, 0.25) is 5.91 Å². The minimum atomic E-state index is 0.194. The van der Waals surface area contributed by atoms with E-state index in [0.717, 1.165) is 31.8 Å². The Kier molecular flexibility index (Phi) is 5.43. The maximum atomic E-state index is 11.9. The molecule has 0 saturated heterocycles. The fraction of sp³-hybridized carbons (Fsp3) is 0.524. The Morgan fingerprint density at radius 1 is 1.30 bits per heavy atom. The van der Waals surface area contributed by atoms with Crippen molar-refractivity contribution >= 4 is 5.91 Å². The van der Waals surface area contributed by atoms with Gasteiger partial charge in [-0.2, -0.15) is 5.10 Å². The first-order valence-corrected chi connectivity index (χ1v) is 9.86. The summed E-state index contributed by atoms with van der Waals surface area (Å²) in [5.74, 6) is 1.76. The van der Waals surface area contributed by atoms with E-state index in [4.69, 9.17) is 4.74 Å². The van der Waals surface area contributed by atoms with Crippen LogP contribution in [0.4, 0.5) is 0 Å². The van der Waals surface area contributed by atoms with Crippen molar-refractivity contribution in [2.24, 2.45) is 5.92 Å². The number of nitrogens with one attached hydrogen (secondary N) is 1. The predicted octanol–water partition coefficient (Wildman–Crippen LogP) is 2.76. The van der Waals surface area contributed by atoms with Gasteiger partial charge in [0, 0.05) is 44.4 Å². The summed E-state index contributed by atoms with van der Waals surface area (Å²) in [5, 5.41) is 7.61. The molecule has 1 amide bonds. The largest absolute Gasteiger partial charge is 0.496 e. The first-order valence-electron chi connectivity index (χ1n) is 9.86. The third-order valence-corrected chi connectivity index (χ3v) is 5.51. The Balaban J connectivity index is 1.37. The van der Waals surface area contributed by atoms with E-state index in [1.54, 1.807) is 7.11 Å². The van der Waals surface area contributed by atoms with Crippen molar-refractivity contribution in [3.05, 3.63) is 47.8 Å². The normalized spacial score (nSPS) is 19.5. The lowest BCUT2D eigenvalue weighted by atomic mass is 10.1. The lowest BCUT2D eigenvalue weighted by molar-refractivity contribution is -0.121. The molecule has 0 bridgehead atoms. The van der Waals surface area contributed by atoms with Crippen LogP contribution in [-0.4, -0.2) is 40.8 Å². The molecule has 2 heterocycles. The number of para-hydroxylation sites is 1. The van der Waals surface area contributed by atoms with Crippen LogP contribution in [0.25, 0.3) is 0 Å². The number of carbonyl (C=O) groups is 1. The highest BCUT2D eigenvalue weighted by Crippen LogP contribution is 2.32. The Labute approximate surface area is 160 Å². The third kappa shape index (κ3) is 4.50. The summed E-state index contributed by atoms with van der Waals surface area (Å²) in [5.41, 5.74) is 2.43. The van der Waals surface area contributed by atoms with Crippen molar-refractivity contribution in [1.82, 2.24) is 20.0 Å². The van der Waals surface area contributed by atoms with E-state index in [9.17, 15) is 4.79 Å². The van der Waals surface area contributed by atoms with Gasteiger partial charge in [-0.05, 0) is 37.3 Å². The molecule has 6 nitrogen and oxygen atoms in total. The maximum absolute atomic E-state index is 11.9. The molecule has 6 heteroatoms. The Morgan fingerprint density at radius 3 is 2.96 bits per heavy atom. The van der Waals surface area contributed by atoms with Crippen molar-refractivity contribution in [2.45, 2.75) is 44.8 Å². The van der Waals surface area contributed by atoms with Gasteiger partial charge >= 0.3 is 0 Å². The van der Waals surface area contributed by atoms with E-state index >= 15 is 0 Å². The number of aromatic nitrogens is 2. The van der Waals surface area contributed by atoms with Crippen LogP contribution < -0.4 is 10.1 Å². The van der Waals surface area contributed by atoms with Crippen LogP contribution in [0.2, 0.25) is 0 Å². The van der Waals surface area contributed by atoms with Gasteiger partial charge in [-0.25, -0.2) is 0 Å². The Hall–Kier alpha value is -2.34. The van der Waals surface area contributed by atoms with Gasteiger partial charge in [0.1, 0.15) is 5.75 Å². The number of hydrogen-bond acceptors (Lipinski definition) is 4. The molecule has 27 heavy (non-hydrogen) atoms. The molecule has 1 aromatic heterocycles. The van der Waals surface area contributed by atoms with Crippen molar-refractivity contribution in [3.8, 4) is 5.75 Å². The standard InChI is InChI=1S/C21H28N4O2/c1-27-20-5-3-2-4-17(20)13-24-14-18(25-19(15-24)9-11-23-25)8-10-22-21(26)12-16-6-7-16/h2-5,9,11,16,18H,6-8,10,12-15H2,1H3,(H,22,26)/t18-/m0/s1. The van der Waals surface area contributed by atoms with Gasteiger partial charge in [0.25, 0.3) is 0 Å². The predicted molar refractivity (Wildman–Crippen MR) is 103 cm³/mol.